The number of carbonyl (C=O) groups excluding carboxylic acids is 1. The third kappa shape index (κ3) is 2.97. The van der Waals surface area contributed by atoms with Gasteiger partial charge in [-0.2, -0.15) is 0 Å². The summed E-state index contributed by atoms with van der Waals surface area (Å²) in [4.78, 5) is 37.9. The molecule has 1 amide bonds. The summed E-state index contributed by atoms with van der Waals surface area (Å²) in [7, 11) is 1.81. The standard InChI is InChI=1S/C18H19ClN6O3/c1-9-4-3-7-24(2)16-10(14(20)26)8-11(19)17(23-16)25-13-12(28-9)5-6-21-15(13)22-18(25)27/h5-6,8-9H,3-4,7H2,1-2H3,(H2,20,26)(H,21,22,27)/t9-/m1/s1. The number of rotatable bonds is 1. The first kappa shape index (κ1) is 18.3. The van der Waals surface area contributed by atoms with Crippen molar-refractivity contribution in [3.05, 3.63) is 39.4 Å². The van der Waals surface area contributed by atoms with Crippen molar-refractivity contribution >= 4 is 34.5 Å². The molecule has 0 aromatic carbocycles. The monoisotopic (exact) mass is 402 g/mol. The summed E-state index contributed by atoms with van der Waals surface area (Å²) in [5, 5.41) is 0.119. The van der Waals surface area contributed by atoms with E-state index in [9.17, 15) is 9.59 Å². The second kappa shape index (κ2) is 6.83. The lowest BCUT2D eigenvalue weighted by atomic mass is 10.2. The van der Waals surface area contributed by atoms with E-state index in [0.29, 0.717) is 29.3 Å². The van der Waals surface area contributed by atoms with E-state index in [4.69, 9.17) is 22.1 Å². The van der Waals surface area contributed by atoms with E-state index in [0.717, 1.165) is 12.8 Å². The molecule has 28 heavy (non-hydrogen) atoms. The number of nitrogens with zero attached hydrogens (tertiary/aromatic N) is 4. The van der Waals surface area contributed by atoms with Crippen molar-refractivity contribution in [3.8, 4) is 11.6 Å². The number of H-pyrrole nitrogens is 1. The Morgan fingerprint density at radius 3 is 2.96 bits per heavy atom. The molecule has 0 saturated carbocycles. The SMILES string of the molecule is C[C@@H]1CCCN(C)c2nc(c(Cl)cc2C(N)=O)-n2c(=O)[nH]c3nccc(c32)O1. The van der Waals surface area contributed by atoms with E-state index in [2.05, 4.69) is 15.0 Å². The maximum absolute atomic E-state index is 12.7. The van der Waals surface area contributed by atoms with E-state index < -0.39 is 11.6 Å². The second-order valence-electron chi connectivity index (χ2n) is 6.79. The molecule has 0 spiro atoms. The molecule has 10 heteroatoms. The minimum atomic E-state index is -0.639. The Bertz CT molecular complexity index is 1140. The molecule has 1 aliphatic heterocycles. The van der Waals surface area contributed by atoms with Crippen LogP contribution in [0.2, 0.25) is 5.02 Å². The molecule has 0 radical (unpaired) electrons. The Morgan fingerprint density at radius 2 is 2.21 bits per heavy atom. The van der Waals surface area contributed by atoms with Crippen LogP contribution in [0, 0.1) is 0 Å². The molecular weight excluding hydrogens is 384 g/mol. The molecule has 1 atom stereocenters. The average molecular weight is 403 g/mol. The number of anilines is 1. The van der Waals surface area contributed by atoms with Crippen LogP contribution in [0.3, 0.4) is 0 Å². The second-order valence-corrected chi connectivity index (χ2v) is 7.20. The Labute approximate surface area is 165 Å². The Balaban J connectivity index is 2.08. The molecule has 3 aromatic rings. The van der Waals surface area contributed by atoms with Crippen molar-refractivity contribution < 1.29 is 9.53 Å². The zero-order valence-corrected chi connectivity index (χ0v) is 16.2. The molecule has 1 aliphatic rings. The number of aromatic nitrogens is 4. The Kier molecular flexibility index (Phi) is 4.46. The van der Waals surface area contributed by atoms with Gasteiger partial charge in [0.1, 0.15) is 17.1 Å². The van der Waals surface area contributed by atoms with Crippen LogP contribution < -0.4 is 21.1 Å². The number of nitrogens with one attached hydrogen (secondary N) is 1. The lowest BCUT2D eigenvalue weighted by Gasteiger charge is -2.24. The van der Waals surface area contributed by atoms with Gasteiger partial charge in [0.05, 0.1) is 16.7 Å². The third-order valence-corrected chi connectivity index (χ3v) is 5.03. The van der Waals surface area contributed by atoms with Crippen LogP contribution in [0.25, 0.3) is 17.0 Å². The van der Waals surface area contributed by atoms with E-state index >= 15 is 0 Å². The smallest absolute Gasteiger partial charge is 0.333 e. The third-order valence-electron chi connectivity index (χ3n) is 4.75. The lowest BCUT2D eigenvalue weighted by Crippen LogP contribution is -2.28. The zero-order chi connectivity index (χ0) is 20.0. The number of amides is 1. The summed E-state index contributed by atoms with van der Waals surface area (Å²) in [6.07, 6.45) is 3.06. The molecule has 0 saturated heterocycles. The molecule has 3 aromatic heterocycles. The van der Waals surface area contributed by atoms with Crippen LogP contribution in [0.4, 0.5) is 5.82 Å². The number of halogens is 1. The van der Waals surface area contributed by atoms with Crippen molar-refractivity contribution in [1.29, 1.82) is 0 Å². The fourth-order valence-corrected chi connectivity index (χ4v) is 3.63. The van der Waals surface area contributed by atoms with Gasteiger partial charge >= 0.3 is 5.69 Å². The van der Waals surface area contributed by atoms with E-state index in [1.807, 2.05) is 18.9 Å². The predicted octanol–water partition coefficient (Wildman–Crippen LogP) is 1.86. The summed E-state index contributed by atoms with van der Waals surface area (Å²) in [6.45, 7) is 2.59. The average Bonchev–Trinajstić information content (AvgIpc) is 2.97. The van der Waals surface area contributed by atoms with Gasteiger partial charge in [-0.25, -0.2) is 19.3 Å². The molecule has 0 unspecified atom stereocenters. The lowest BCUT2D eigenvalue weighted by molar-refractivity contribution is 0.100. The van der Waals surface area contributed by atoms with Gasteiger partial charge < -0.3 is 15.4 Å². The maximum atomic E-state index is 12.7. The Morgan fingerprint density at radius 1 is 1.43 bits per heavy atom. The topological polar surface area (TPSA) is 119 Å². The summed E-state index contributed by atoms with van der Waals surface area (Å²) >= 11 is 6.41. The quantitative estimate of drug-likeness (QED) is 0.641. The van der Waals surface area contributed by atoms with Gasteiger partial charge in [0.15, 0.2) is 11.5 Å². The number of ether oxygens (including phenoxy) is 1. The number of fused-ring (bicyclic) bond motifs is 3. The molecule has 4 heterocycles. The highest BCUT2D eigenvalue weighted by Crippen LogP contribution is 2.31. The van der Waals surface area contributed by atoms with Crippen molar-refractivity contribution in [1.82, 2.24) is 19.5 Å². The van der Waals surface area contributed by atoms with Crippen LogP contribution >= 0.6 is 11.6 Å². The zero-order valence-electron chi connectivity index (χ0n) is 15.4. The summed E-state index contributed by atoms with van der Waals surface area (Å²) in [6, 6.07) is 3.14. The van der Waals surface area contributed by atoms with Crippen molar-refractivity contribution in [2.75, 3.05) is 18.5 Å². The van der Waals surface area contributed by atoms with Crippen molar-refractivity contribution in [2.45, 2.75) is 25.9 Å². The number of hydrogen-bond acceptors (Lipinski definition) is 6. The fraction of sp³-hybridized carbons (Fsp3) is 0.333. The van der Waals surface area contributed by atoms with E-state index in [-0.39, 0.29) is 22.5 Å². The van der Waals surface area contributed by atoms with Gasteiger partial charge in [-0.1, -0.05) is 11.6 Å². The minimum absolute atomic E-state index is 0.0886. The van der Waals surface area contributed by atoms with Crippen molar-refractivity contribution in [2.24, 2.45) is 5.73 Å². The highest BCUT2D eigenvalue weighted by atomic mass is 35.5. The van der Waals surface area contributed by atoms with Gasteiger partial charge in [0, 0.05) is 25.9 Å². The van der Waals surface area contributed by atoms with E-state index in [1.165, 1.54) is 10.6 Å². The highest BCUT2D eigenvalue weighted by Gasteiger charge is 2.24. The number of pyridine rings is 2. The Hall–Kier alpha value is -3.07. The first-order valence-electron chi connectivity index (χ1n) is 8.85. The number of nitrogens with two attached hydrogens (primary N) is 1. The molecular formula is C18H19ClN6O3. The number of aromatic amines is 1. The normalized spacial score (nSPS) is 17.0. The van der Waals surface area contributed by atoms with Gasteiger partial charge in [-0.3, -0.25) is 9.78 Å². The molecule has 3 N–H and O–H groups in total. The summed E-state index contributed by atoms with van der Waals surface area (Å²) < 4.78 is 7.40. The number of hydrogen-bond donors (Lipinski definition) is 2. The first-order chi connectivity index (χ1) is 13.4. The molecule has 9 nitrogen and oxygen atoms in total. The summed E-state index contributed by atoms with van der Waals surface area (Å²) in [5.41, 5.74) is 6.06. The number of primary amides is 1. The first-order valence-corrected chi connectivity index (χ1v) is 9.23. The largest absolute Gasteiger partial charge is 0.488 e. The maximum Gasteiger partial charge on any atom is 0.333 e. The van der Waals surface area contributed by atoms with Crippen molar-refractivity contribution in [3.63, 3.8) is 0 Å². The van der Waals surface area contributed by atoms with E-state index in [1.54, 1.807) is 12.3 Å². The van der Waals surface area contributed by atoms with Crippen LogP contribution in [0.5, 0.6) is 5.75 Å². The van der Waals surface area contributed by atoms with Crippen LogP contribution in [-0.2, 0) is 0 Å². The van der Waals surface area contributed by atoms with Gasteiger partial charge in [0.2, 0.25) is 0 Å². The number of imidazole rings is 1. The van der Waals surface area contributed by atoms with Gasteiger partial charge in [0.25, 0.3) is 5.91 Å². The summed E-state index contributed by atoms with van der Waals surface area (Å²) in [5.74, 6) is 0.409. The minimum Gasteiger partial charge on any atom is -0.488 e. The highest BCUT2D eigenvalue weighted by molar-refractivity contribution is 6.32. The van der Waals surface area contributed by atoms with Crippen LogP contribution in [0.1, 0.15) is 30.1 Å². The van der Waals surface area contributed by atoms with Crippen LogP contribution in [0.15, 0.2) is 23.1 Å². The predicted molar refractivity (Wildman–Crippen MR) is 106 cm³/mol. The molecule has 4 rings (SSSR count). The van der Waals surface area contributed by atoms with Crippen LogP contribution in [-0.4, -0.2) is 45.1 Å². The van der Waals surface area contributed by atoms with Gasteiger partial charge in [-0.05, 0) is 25.8 Å². The molecule has 0 fully saturated rings. The molecule has 0 aliphatic carbocycles. The molecule has 146 valence electrons. The van der Waals surface area contributed by atoms with Gasteiger partial charge in [-0.15, -0.1) is 0 Å². The fourth-order valence-electron chi connectivity index (χ4n) is 3.40. The molecule has 2 bridgehead atoms. The number of carbonyl (C=O) groups is 1.